The number of aryl methyl sites for hydroxylation is 1. The zero-order valence-electron chi connectivity index (χ0n) is 13.7. The van der Waals surface area contributed by atoms with Crippen molar-refractivity contribution < 1.29 is 14.0 Å². The molecule has 5 heteroatoms. The van der Waals surface area contributed by atoms with E-state index in [1.165, 1.54) is 11.0 Å². The normalized spacial score (nSPS) is 18.0. The van der Waals surface area contributed by atoms with Crippen molar-refractivity contribution >= 4 is 17.5 Å². The van der Waals surface area contributed by atoms with E-state index in [1.807, 2.05) is 19.1 Å². The number of hydrogen-bond acceptors (Lipinski definition) is 2. The molecule has 1 saturated heterocycles. The average Bonchev–Trinajstić information content (AvgIpc) is 2.58. The monoisotopic (exact) mass is 326 g/mol. The van der Waals surface area contributed by atoms with Crippen LogP contribution in [0.1, 0.15) is 22.8 Å². The average molecular weight is 326 g/mol. The van der Waals surface area contributed by atoms with Crippen molar-refractivity contribution in [3.8, 4) is 0 Å². The molecule has 24 heavy (non-hydrogen) atoms. The van der Waals surface area contributed by atoms with Crippen LogP contribution in [0.3, 0.4) is 0 Å². The minimum absolute atomic E-state index is 0.177. The fourth-order valence-corrected chi connectivity index (χ4v) is 2.92. The van der Waals surface area contributed by atoms with Crippen molar-refractivity contribution in [1.82, 2.24) is 4.90 Å². The molecule has 1 aliphatic rings. The van der Waals surface area contributed by atoms with Crippen LogP contribution in [0, 0.1) is 12.7 Å². The lowest BCUT2D eigenvalue weighted by molar-refractivity contribution is -0.124. The summed E-state index contributed by atoms with van der Waals surface area (Å²) in [5.41, 5.74) is 1.89. The smallest absolute Gasteiger partial charge is 0.254 e. The molecule has 2 amide bonds. The van der Waals surface area contributed by atoms with Crippen molar-refractivity contribution in [2.75, 3.05) is 18.0 Å². The number of rotatable bonds is 2. The van der Waals surface area contributed by atoms with Gasteiger partial charge in [0, 0.05) is 18.7 Å². The van der Waals surface area contributed by atoms with Crippen molar-refractivity contribution in [1.29, 1.82) is 0 Å². The third-order valence-corrected chi connectivity index (χ3v) is 4.36. The van der Waals surface area contributed by atoms with Gasteiger partial charge in [0.25, 0.3) is 5.91 Å². The molecule has 124 valence electrons. The van der Waals surface area contributed by atoms with E-state index in [4.69, 9.17) is 0 Å². The summed E-state index contributed by atoms with van der Waals surface area (Å²) in [6.45, 7) is 4.28. The Morgan fingerprint density at radius 1 is 1.08 bits per heavy atom. The molecule has 2 aromatic rings. The second kappa shape index (κ2) is 6.43. The second-order valence-corrected chi connectivity index (χ2v) is 5.98. The van der Waals surface area contributed by atoms with Crippen molar-refractivity contribution in [2.45, 2.75) is 19.9 Å². The summed E-state index contributed by atoms with van der Waals surface area (Å²) in [6.07, 6.45) is 0. The molecule has 0 spiro atoms. The van der Waals surface area contributed by atoms with Crippen LogP contribution < -0.4 is 4.90 Å². The van der Waals surface area contributed by atoms with E-state index in [0.717, 1.165) is 5.56 Å². The topological polar surface area (TPSA) is 40.6 Å². The molecule has 1 heterocycles. The predicted molar refractivity (Wildman–Crippen MR) is 90.4 cm³/mol. The number of benzene rings is 2. The molecule has 0 radical (unpaired) electrons. The Bertz CT molecular complexity index is 773. The van der Waals surface area contributed by atoms with Gasteiger partial charge in [0.05, 0.1) is 5.69 Å². The van der Waals surface area contributed by atoms with Crippen molar-refractivity contribution in [3.63, 3.8) is 0 Å². The van der Waals surface area contributed by atoms with Crippen molar-refractivity contribution in [2.24, 2.45) is 0 Å². The van der Waals surface area contributed by atoms with Gasteiger partial charge in [-0.05, 0) is 38.1 Å². The number of halogens is 1. The largest absolute Gasteiger partial charge is 0.325 e. The maximum Gasteiger partial charge on any atom is 0.254 e. The molecule has 0 aromatic heterocycles. The number of piperazine rings is 1. The summed E-state index contributed by atoms with van der Waals surface area (Å²) in [4.78, 5) is 28.3. The first-order chi connectivity index (χ1) is 11.5. The van der Waals surface area contributed by atoms with Crippen LogP contribution >= 0.6 is 0 Å². The minimum Gasteiger partial charge on any atom is -0.325 e. The molecule has 0 bridgehead atoms. The van der Waals surface area contributed by atoms with E-state index in [9.17, 15) is 14.0 Å². The zero-order valence-corrected chi connectivity index (χ0v) is 13.7. The lowest BCUT2D eigenvalue weighted by Crippen LogP contribution is -2.58. The van der Waals surface area contributed by atoms with Crippen molar-refractivity contribution in [3.05, 3.63) is 65.5 Å². The molecule has 2 aromatic carbocycles. The Morgan fingerprint density at radius 2 is 1.75 bits per heavy atom. The Hall–Kier alpha value is -2.69. The van der Waals surface area contributed by atoms with Crippen LogP contribution in [-0.2, 0) is 4.79 Å². The highest BCUT2D eigenvalue weighted by Crippen LogP contribution is 2.24. The lowest BCUT2D eigenvalue weighted by atomic mass is 10.1. The lowest BCUT2D eigenvalue weighted by Gasteiger charge is -2.39. The van der Waals surface area contributed by atoms with E-state index in [2.05, 4.69) is 0 Å². The highest BCUT2D eigenvalue weighted by molar-refractivity contribution is 6.03. The molecule has 0 N–H and O–H groups in total. The molecular formula is C19H19FN2O2. The Balaban J connectivity index is 1.81. The van der Waals surface area contributed by atoms with E-state index >= 15 is 0 Å². The number of anilines is 1. The first kappa shape index (κ1) is 16.2. The van der Waals surface area contributed by atoms with Crippen LogP contribution in [0.4, 0.5) is 10.1 Å². The van der Waals surface area contributed by atoms with Crippen LogP contribution in [0.15, 0.2) is 48.5 Å². The summed E-state index contributed by atoms with van der Waals surface area (Å²) in [5.74, 6) is -0.882. The molecule has 1 aliphatic heterocycles. The van der Waals surface area contributed by atoms with Crippen LogP contribution in [-0.4, -0.2) is 35.8 Å². The van der Waals surface area contributed by atoms with E-state index < -0.39 is 11.9 Å². The standard InChI is InChI=1S/C19H19FN2O2/c1-13-7-9-15(10-8-13)19(24)21-11-12-22(18(23)14(21)2)17-6-4-3-5-16(17)20/h3-10,14H,11-12H2,1-2H3. The number of para-hydroxylation sites is 1. The molecule has 1 atom stereocenters. The first-order valence-corrected chi connectivity index (χ1v) is 7.92. The zero-order chi connectivity index (χ0) is 17.3. The van der Waals surface area contributed by atoms with Gasteiger partial charge in [-0.25, -0.2) is 4.39 Å². The maximum atomic E-state index is 14.0. The SMILES string of the molecule is Cc1ccc(C(=O)N2CCN(c3ccccc3F)C(=O)C2C)cc1. The quantitative estimate of drug-likeness (QED) is 0.851. The highest BCUT2D eigenvalue weighted by atomic mass is 19.1. The predicted octanol–water partition coefficient (Wildman–Crippen LogP) is 3.01. The highest BCUT2D eigenvalue weighted by Gasteiger charge is 2.36. The van der Waals surface area contributed by atoms with Crippen LogP contribution in [0.25, 0.3) is 0 Å². The maximum absolute atomic E-state index is 14.0. The molecule has 4 nitrogen and oxygen atoms in total. The molecule has 0 saturated carbocycles. The van der Waals surface area contributed by atoms with Gasteiger partial charge in [0.15, 0.2) is 0 Å². The van der Waals surface area contributed by atoms with Gasteiger partial charge >= 0.3 is 0 Å². The van der Waals surface area contributed by atoms with Crippen LogP contribution in [0.2, 0.25) is 0 Å². The van der Waals surface area contributed by atoms with Gasteiger partial charge in [-0.3, -0.25) is 9.59 Å². The molecular weight excluding hydrogens is 307 g/mol. The number of carbonyl (C=O) groups excluding carboxylic acids is 2. The number of nitrogens with zero attached hydrogens (tertiary/aromatic N) is 2. The molecule has 1 unspecified atom stereocenters. The molecule has 3 rings (SSSR count). The first-order valence-electron chi connectivity index (χ1n) is 7.92. The summed E-state index contributed by atoms with van der Waals surface area (Å²) in [5, 5.41) is 0. The number of carbonyl (C=O) groups is 2. The molecule has 1 fully saturated rings. The minimum atomic E-state index is -0.632. The summed E-state index contributed by atoms with van der Waals surface area (Å²) in [6, 6.07) is 12.8. The fourth-order valence-electron chi connectivity index (χ4n) is 2.92. The third kappa shape index (κ3) is 2.89. The van der Waals surface area contributed by atoms with Gasteiger partial charge < -0.3 is 9.80 Å². The summed E-state index contributed by atoms with van der Waals surface area (Å²) in [7, 11) is 0. The molecule has 0 aliphatic carbocycles. The van der Waals surface area contributed by atoms with Gasteiger partial charge in [-0.2, -0.15) is 0 Å². The van der Waals surface area contributed by atoms with E-state index in [-0.39, 0.29) is 24.0 Å². The Kier molecular flexibility index (Phi) is 4.34. The fraction of sp³-hybridized carbons (Fsp3) is 0.263. The van der Waals surface area contributed by atoms with E-state index in [1.54, 1.807) is 42.2 Å². The Labute approximate surface area is 140 Å². The Morgan fingerprint density at radius 3 is 2.42 bits per heavy atom. The number of hydrogen-bond donors (Lipinski definition) is 0. The number of amides is 2. The van der Waals surface area contributed by atoms with Crippen LogP contribution in [0.5, 0.6) is 0 Å². The van der Waals surface area contributed by atoms with Gasteiger partial charge in [-0.15, -0.1) is 0 Å². The van der Waals surface area contributed by atoms with Gasteiger partial charge in [-0.1, -0.05) is 29.8 Å². The van der Waals surface area contributed by atoms with Gasteiger partial charge in [0.2, 0.25) is 5.91 Å². The van der Waals surface area contributed by atoms with Gasteiger partial charge in [0.1, 0.15) is 11.9 Å². The third-order valence-electron chi connectivity index (χ3n) is 4.36. The summed E-state index contributed by atoms with van der Waals surface area (Å²) < 4.78 is 14.0. The van der Waals surface area contributed by atoms with E-state index in [0.29, 0.717) is 12.1 Å². The summed E-state index contributed by atoms with van der Waals surface area (Å²) >= 11 is 0. The second-order valence-electron chi connectivity index (χ2n) is 5.98.